The van der Waals surface area contributed by atoms with Crippen molar-refractivity contribution in [2.75, 3.05) is 11.6 Å². The maximum atomic E-state index is 11.8. The van der Waals surface area contributed by atoms with Gasteiger partial charge < -0.3 is 5.32 Å². The molecule has 0 radical (unpaired) electrons. The van der Waals surface area contributed by atoms with Crippen LogP contribution in [0.25, 0.3) is 0 Å². The van der Waals surface area contributed by atoms with Gasteiger partial charge in [0, 0.05) is 28.5 Å². The Balaban J connectivity index is 2.18. The van der Waals surface area contributed by atoms with Gasteiger partial charge >= 0.3 is 0 Å². The van der Waals surface area contributed by atoms with Gasteiger partial charge in [-0.3, -0.25) is 0 Å². The summed E-state index contributed by atoms with van der Waals surface area (Å²) < 4.78 is 23.5. The first-order valence-electron chi connectivity index (χ1n) is 6.63. The van der Waals surface area contributed by atoms with Crippen LogP contribution >= 0.6 is 23.2 Å². The predicted octanol–water partition coefficient (Wildman–Crippen LogP) is 3.84. The number of halogens is 2. The Hall–Kier alpha value is -1.30. The van der Waals surface area contributed by atoms with Gasteiger partial charge in [0.25, 0.3) is 0 Å². The number of nitrogens with zero attached hydrogens (tertiary/aromatic N) is 1. The zero-order valence-corrected chi connectivity index (χ0v) is 14.5. The smallest absolute Gasteiger partial charge is 0.179 e. The highest BCUT2D eigenvalue weighted by atomic mass is 35.5. The van der Waals surface area contributed by atoms with E-state index in [1.54, 1.807) is 24.4 Å². The second-order valence-corrected chi connectivity index (χ2v) is 7.94. The average Bonchev–Trinajstić information content (AvgIpc) is 2.41. The third kappa shape index (κ3) is 4.35. The summed E-state index contributed by atoms with van der Waals surface area (Å²) in [6.45, 7) is 1.94. The van der Waals surface area contributed by atoms with E-state index in [0.29, 0.717) is 22.3 Å². The highest BCUT2D eigenvalue weighted by Crippen LogP contribution is 2.24. The molecule has 0 bridgehead atoms. The lowest BCUT2D eigenvalue weighted by Gasteiger charge is -2.17. The number of hydrogen-bond acceptors (Lipinski definition) is 4. The van der Waals surface area contributed by atoms with E-state index in [0.717, 1.165) is 11.8 Å². The van der Waals surface area contributed by atoms with Crippen LogP contribution in [0, 0.1) is 0 Å². The van der Waals surface area contributed by atoms with Crippen LogP contribution in [0.4, 0.5) is 5.82 Å². The van der Waals surface area contributed by atoms with Crippen molar-refractivity contribution >= 4 is 38.9 Å². The second kappa shape index (κ2) is 6.86. The molecule has 0 aliphatic heterocycles. The fraction of sp³-hybridized carbons (Fsp3) is 0.267. The Labute approximate surface area is 140 Å². The van der Waals surface area contributed by atoms with Gasteiger partial charge in [0.05, 0.1) is 0 Å². The molecule has 0 amide bonds. The molecule has 1 atom stereocenters. The zero-order valence-electron chi connectivity index (χ0n) is 12.2. The van der Waals surface area contributed by atoms with E-state index >= 15 is 0 Å². The summed E-state index contributed by atoms with van der Waals surface area (Å²) in [6.07, 6.45) is 3.34. The number of anilines is 1. The number of benzene rings is 1. The van der Waals surface area contributed by atoms with Crippen LogP contribution in [-0.2, 0) is 16.3 Å². The number of aromatic nitrogens is 1. The zero-order chi connectivity index (χ0) is 16.3. The third-order valence-electron chi connectivity index (χ3n) is 3.09. The number of pyridine rings is 1. The summed E-state index contributed by atoms with van der Waals surface area (Å²) >= 11 is 12.0. The summed E-state index contributed by atoms with van der Waals surface area (Å²) in [7, 11) is -3.33. The van der Waals surface area contributed by atoms with E-state index in [2.05, 4.69) is 10.3 Å². The van der Waals surface area contributed by atoms with E-state index in [4.69, 9.17) is 23.2 Å². The monoisotopic (exact) mass is 358 g/mol. The fourth-order valence-electron chi connectivity index (χ4n) is 2.10. The van der Waals surface area contributed by atoms with Crippen LogP contribution in [0.2, 0.25) is 10.0 Å². The highest BCUT2D eigenvalue weighted by molar-refractivity contribution is 7.90. The van der Waals surface area contributed by atoms with E-state index < -0.39 is 9.84 Å². The van der Waals surface area contributed by atoms with Crippen molar-refractivity contribution in [3.05, 3.63) is 52.1 Å². The minimum Gasteiger partial charge on any atom is -0.366 e. The molecule has 7 heteroatoms. The van der Waals surface area contributed by atoms with E-state index in [1.807, 2.05) is 13.0 Å². The van der Waals surface area contributed by atoms with Gasteiger partial charge in [-0.2, -0.15) is 0 Å². The van der Waals surface area contributed by atoms with Crippen molar-refractivity contribution in [1.82, 2.24) is 4.98 Å². The summed E-state index contributed by atoms with van der Waals surface area (Å²) in [4.78, 5) is 4.30. The summed E-state index contributed by atoms with van der Waals surface area (Å²) in [6, 6.07) is 8.41. The lowest BCUT2D eigenvalue weighted by atomic mass is 10.1. The van der Waals surface area contributed by atoms with Crippen LogP contribution in [0.15, 0.2) is 41.4 Å². The van der Waals surface area contributed by atoms with Gasteiger partial charge in [0.1, 0.15) is 10.7 Å². The minimum absolute atomic E-state index is 0.0472. The van der Waals surface area contributed by atoms with Crippen molar-refractivity contribution < 1.29 is 8.42 Å². The Morgan fingerprint density at radius 3 is 2.64 bits per heavy atom. The number of nitrogens with one attached hydrogen (secondary N) is 1. The number of sulfone groups is 1. The molecule has 118 valence electrons. The fourth-order valence-corrected chi connectivity index (χ4v) is 3.37. The lowest BCUT2D eigenvalue weighted by molar-refractivity contribution is 0.601. The maximum Gasteiger partial charge on any atom is 0.179 e. The number of hydrogen-bond donors (Lipinski definition) is 1. The molecule has 4 nitrogen and oxygen atoms in total. The first kappa shape index (κ1) is 17.1. The van der Waals surface area contributed by atoms with E-state index in [-0.39, 0.29) is 10.9 Å². The molecule has 0 saturated heterocycles. The molecule has 0 aliphatic carbocycles. The first-order valence-corrected chi connectivity index (χ1v) is 9.27. The van der Waals surface area contributed by atoms with Crippen molar-refractivity contribution in [3.8, 4) is 0 Å². The molecule has 1 aromatic carbocycles. The molecule has 0 aliphatic rings. The number of rotatable bonds is 5. The van der Waals surface area contributed by atoms with Gasteiger partial charge in [0.2, 0.25) is 0 Å². The standard InChI is InChI=1S/C15H16Cl2N2O2S/c1-10(8-11-5-6-12(16)9-13(11)17)19-15-14(22(2,20)21)4-3-7-18-15/h3-7,9-10H,8H2,1-2H3,(H,18,19). The molecule has 0 saturated carbocycles. The van der Waals surface area contributed by atoms with Crippen LogP contribution in [0.1, 0.15) is 12.5 Å². The van der Waals surface area contributed by atoms with Crippen molar-refractivity contribution in [1.29, 1.82) is 0 Å². The Bertz CT molecular complexity index is 779. The van der Waals surface area contributed by atoms with Crippen molar-refractivity contribution in [2.24, 2.45) is 0 Å². The van der Waals surface area contributed by atoms with E-state index in [1.165, 1.54) is 6.07 Å². The van der Waals surface area contributed by atoms with Crippen molar-refractivity contribution in [3.63, 3.8) is 0 Å². The van der Waals surface area contributed by atoms with Gasteiger partial charge in [-0.15, -0.1) is 0 Å². The molecular weight excluding hydrogens is 343 g/mol. The molecule has 2 rings (SSSR count). The molecule has 1 aromatic heterocycles. The van der Waals surface area contributed by atoms with Crippen LogP contribution < -0.4 is 5.32 Å². The topological polar surface area (TPSA) is 59.1 Å². The SMILES string of the molecule is CC(Cc1ccc(Cl)cc1Cl)Nc1ncccc1S(C)(=O)=O. The van der Waals surface area contributed by atoms with Crippen LogP contribution in [-0.4, -0.2) is 25.7 Å². The molecule has 22 heavy (non-hydrogen) atoms. The van der Waals surface area contributed by atoms with Crippen molar-refractivity contribution in [2.45, 2.75) is 24.3 Å². The van der Waals surface area contributed by atoms with Gasteiger partial charge in [-0.1, -0.05) is 29.3 Å². The first-order chi connectivity index (χ1) is 10.3. The lowest BCUT2D eigenvalue weighted by Crippen LogP contribution is -2.20. The molecule has 1 heterocycles. The van der Waals surface area contributed by atoms with Crippen LogP contribution in [0.5, 0.6) is 0 Å². The van der Waals surface area contributed by atoms with Crippen LogP contribution in [0.3, 0.4) is 0 Å². The van der Waals surface area contributed by atoms with Gasteiger partial charge in [-0.05, 0) is 43.2 Å². The quantitative estimate of drug-likeness (QED) is 0.881. The average molecular weight is 359 g/mol. The Kier molecular flexibility index (Phi) is 5.32. The second-order valence-electron chi connectivity index (χ2n) is 5.11. The normalized spacial score (nSPS) is 12.9. The maximum absolute atomic E-state index is 11.8. The highest BCUT2D eigenvalue weighted by Gasteiger charge is 2.16. The largest absolute Gasteiger partial charge is 0.366 e. The molecule has 2 aromatic rings. The summed E-state index contributed by atoms with van der Waals surface area (Å²) in [5.41, 5.74) is 0.933. The summed E-state index contributed by atoms with van der Waals surface area (Å²) in [5, 5.41) is 4.30. The Morgan fingerprint density at radius 2 is 2.00 bits per heavy atom. The molecule has 1 unspecified atom stereocenters. The van der Waals surface area contributed by atoms with E-state index in [9.17, 15) is 8.42 Å². The molecule has 0 spiro atoms. The van der Waals surface area contributed by atoms with Gasteiger partial charge in [-0.25, -0.2) is 13.4 Å². The predicted molar refractivity (Wildman–Crippen MR) is 90.6 cm³/mol. The summed E-state index contributed by atoms with van der Waals surface area (Å²) in [5.74, 6) is 0.350. The molecular formula is C15H16Cl2N2O2S. The molecule has 0 fully saturated rings. The minimum atomic E-state index is -3.33. The van der Waals surface area contributed by atoms with Gasteiger partial charge in [0.15, 0.2) is 9.84 Å². The third-order valence-corrected chi connectivity index (χ3v) is 4.81. The molecule has 1 N–H and O–H groups in total. The Morgan fingerprint density at radius 1 is 1.27 bits per heavy atom.